The van der Waals surface area contributed by atoms with E-state index in [9.17, 15) is 27.6 Å². The number of hydrogen-bond donors (Lipinski definition) is 2. The van der Waals surface area contributed by atoms with Crippen molar-refractivity contribution in [1.29, 1.82) is 0 Å². The Kier molecular flexibility index (Phi) is 3.31. The first-order valence-electron chi connectivity index (χ1n) is 5.33. The predicted octanol–water partition coefficient (Wildman–Crippen LogP) is 1.45. The number of urea groups is 1. The van der Waals surface area contributed by atoms with Gasteiger partial charge in [0, 0.05) is 0 Å². The van der Waals surface area contributed by atoms with Gasteiger partial charge in [-0.1, -0.05) is 12.1 Å². The summed E-state index contributed by atoms with van der Waals surface area (Å²) in [4.78, 5) is 33.7. The standard InChI is InChI=1S/C12H7F3N2O3/c13-12(14,15)7-3-1-2-6(4-7)5-8-9(18)16-11(20)17-10(8)19/h1-5H,(H2,16,17,18,19,20). The van der Waals surface area contributed by atoms with E-state index in [-0.39, 0.29) is 5.56 Å². The molecule has 8 heteroatoms. The van der Waals surface area contributed by atoms with E-state index in [0.29, 0.717) is 0 Å². The molecule has 4 amide bonds. The van der Waals surface area contributed by atoms with Gasteiger partial charge in [0.15, 0.2) is 0 Å². The predicted molar refractivity (Wildman–Crippen MR) is 61.1 cm³/mol. The highest BCUT2D eigenvalue weighted by Crippen LogP contribution is 2.30. The fourth-order valence-corrected chi connectivity index (χ4v) is 1.58. The lowest BCUT2D eigenvalue weighted by molar-refractivity contribution is -0.137. The zero-order valence-electron chi connectivity index (χ0n) is 9.75. The van der Waals surface area contributed by atoms with Crippen LogP contribution in [0.3, 0.4) is 0 Å². The summed E-state index contributed by atoms with van der Waals surface area (Å²) in [5, 5.41) is 3.65. The second kappa shape index (κ2) is 4.80. The van der Waals surface area contributed by atoms with Crippen molar-refractivity contribution in [3.63, 3.8) is 0 Å². The zero-order valence-corrected chi connectivity index (χ0v) is 9.75. The largest absolute Gasteiger partial charge is 0.416 e. The number of nitrogens with one attached hydrogen (secondary N) is 2. The summed E-state index contributed by atoms with van der Waals surface area (Å²) in [6.07, 6.45) is -3.55. The van der Waals surface area contributed by atoms with Gasteiger partial charge in [-0.2, -0.15) is 13.2 Å². The molecule has 1 heterocycles. The van der Waals surface area contributed by atoms with Gasteiger partial charge in [-0.3, -0.25) is 20.2 Å². The van der Waals surface area contributed by atoms with Gasteiger partial charge in [0.1, 0.15) is 5.57 Å². The van der Waals surface area contributed by atoms with Crippen LogP contribution in [0.1, 0.15) is 11.1 Å². The van der Waals surface area contributed by atoms with E-state index in [0.717, 1.165) is 24.3 Å². The van der Waals surface area contributed by atoms with E-state index < -0.39 is 35.2 Å². The summed E-state index contributed by atoms with van der Waals surface area (Å²) in [6.45, 7) is 0. The van der Waals surface area contributed by atoms with Crippen LogP contribution < -0.4 is 10.6 Å². The van der Waals surface area contributed by atoms with Gasteiger partial charge in [-0.15, -0.1) is 0 Å². The number of carbonyl (C=O) groups excluding carboxylic acids is 3. The first kappa shape index (κ1) is 13.8. The third kappa shape index (κ3) is 2.85. The van der Waals surface area contributed by atoms with Crippen molar-refractivity contribution in [3.05, 3.63) is 41.0 Å². The molecule has 0 aromatic heterocycles. The van der Waals surface area contributed by atoms with Crippen molar-refractivity contribution in [2.75, 3.05) is 0 Å². The van der Waals surface area contributed by atoms with Gasteiger partial charge in [0.2, 0.25) is 0 Å². The molecule has 2 N–H and O–H groups in total. The average molecular weight is 284 g/mol. The average Bonchev–Trinajstić information content (AvgIpc) is 2.33. The number of imide groups is 2. The molecule has 0 aliphatic carbocycles. The van der Waals surface area contributed by atoms with Crippen LogP contribution in [0, 0.1) is 0 Å². The quantitative estimate of drug-likeness (QED) is 0.605. The fraction of sp³-hybridized carbons (Fsp3) is 0.0833. The van der Waals surface area contributed by atoms with Crippen LogP contribution in [0.25, 0.3) is 6.08 Å². The number of alkyl halides is 3. The summed E-state index contributed by atoms with van der Waals surface area (Å²) >= 11 is 0. The lowest BCUT2D eigenvalue weighted by atomic mass is 10.1. The Morgan fingerprint density at radius 1 is 1.00 bits per heavy atom. The fourth-order valence-electron chi connectivity index (χ4n) is 1.58. The number of halogens is 3. The Bertz CT molecular complexity index is 613. The first-order valence-corrected chi connectivity index (χ1v) is 5.33. The molecule has 0 radical (unpaired) electrons. The minimum atomic E-state index is -4.53. The van der Waals surface area contributed by atoms with Crippen LogP contribution in [0.4, 0.5) is 18.0 Å². The molecular weight excluding hydrogens is 277 g/mol. The molecule has 1 saturated heterocycles. The maximum Gasteiger partial charge on any atom is 0.416 e. The Labute approximate surface area is 110 Å². The van der Waals surface area contributed by atoms with Crippen molar-refractivity contribution in [2.24, 2.45) is 0 Å². The summed E-state index contributed by atoms with van der Waals surface area (Å²) in [6, 6.07) is 3.15. The van der Waals surface area contributed by atoms with Gasteiger partial charge in [0.05, 0.1) is 5.56 Å². The van der Waals surface area contributed by atoms with E-state index in [2.05, 4.69) is 0 Å². The van der Waals surface area contributed by atoms with Crippen molar-refractivity contribution in [1.82, 2.24) is 10.6 Å². The molecule has 1 aliphatic rings. The van der Waals surface area contributed by atoms with Gasteiger partial charge in [0.25, 0.3) is 11.8 Å². The monoisotopic (exact) mass is 284 g/mol. The molecule has 104 valence electrons. The Morgan fingerprint density at radius 3 is 2.15 bits per heavy atom. The molecule has 1 fully saturated rings. The van der Waals surface area contributed by atoms with Gasteiger partial charge in [-0.05, 0) is 23.8 Å². The highest BCUT2D eigenvalue weighted by atomic mass is 19.4. The second-order valence-corrected chi connectivity index (χ2v) is 3.92. The molecule has 0 saturated carbocycles. The van der Waals surface area contributed by atoms with E-state index in [1.54, 1.807) is 0 Å². The summed E-state index contributed by atoms with van der Waals surface area (Å²) in [7, 11) is 0. The highest BCUT2D eigenvalue weighted by Gasteiger charge is 2.31. The minimum Gasteiger partial charge on any atom is -0.273 e. The van der Waals surface area contributed by atoms with Gasteiger partial charge in [-0.25, -0.2) is 4.79 Å². The lowest BCUT2D eigenvalue weighted by Crippen LogP contribution is -2.51. The number of benzene rings is 1. The van der Waals surface area contributed by atoms with Crippen molar-refractivity contribution in [3.8, 4) is 0 Å². The normalized spacial score (nSPS) is 15.8. The van der Waals surface area contributed by atoms with Crippen LogP contribution in [0.2, 0.25) is 0 Å². The second-order valence-electron chi connectivity index (χ2n) is 3.92. The molecule has 0 spiro atoms. The Hall–Kier alpha value is -2.64. The van der Waals surface area contributed by atoms with Crippen molar-refractivity contribution >= 4 is 23.9 Å². The zero-order chi connectivity index (χ0) is 14.9. The van der Waals surface area contributed by atoms with Crippen LogP contribution in [0.5, 0.6) is 0 Å². The van der Waals surface area contributed by atoms with Crippen molar-refractivity contribution in [2.45, 2.75) is 6.18 Å². The van der Waals surface area contributed by atoms with E-state index in [1.807, 2.05) is 10.6 Å². The number of amides is 4. The van der Waals surface area contributed by atoms with Crippen LogP contribution in [-0.2, 0) is 15.8 Å². The van der Waals surface area contributed by atoms with E-state index >= 15 is 0 Å². The summed E-state index contributed by atoms with van der Waals surface area (Å²) in [5.41, 5.74) is -1.32. The molecule has 0 bridgehead atoms. The van der Waals surface area contributed by atoms with E-state index in [4.69, 9.17) is 0 Å². The number of barbiturate groups is 1. The van der Waals surface area contributed by atoms with Crippen LogP contribution in [0.15, 0.2) is 29.8 Å². The molecule has 0 atom stereocenters. The third-order valence-corrected chi connectivity index (χ3v) is 2.47. The highest BCUT2D eigenvalue weighted by molar-refractivity contribution is 6.31. The number of carbonyl (C=O) groups is 3. The number of rotatable bonds is 1. The summed E-state index contributed by atoms with van der Waals surface area (Å²) in [5.74, 6) is -1.92. The molecule has 5 nitrogen and oxygen atoms in total. The topological polar surface area (TPSA) is 75.3 Å². The molecule has 1 aliphatic heterocycles. The number of hydrogen-bond acceptors (Lipinski definition) is 3. The van der Waals surface area contributed by atoms with Crippen molar-refractivity contribution < 1.29 is 27.6 Å². The third-order valence-electron chi connectivity index (χ3n) is 2.47. The summed E-state index contributed by atoms with van der Waals surface area (Å²) < 4.78 is 37.6. The minimum absolute atomic E-state index is 0.0227. The molecule has 0 unspecified atom stereocenters. The Morgan fingerprint density at radius 2 is 1.60 bits per heavy atom. The first-order chi connectivity index (χ1) is 9.27. The smallest absolute Gasteiger partial charge is 0.273 e. The molecular formula is C12H7F3N2O3. The maximum absolute atomic E-state index is 12.5. The molecule has 20 heavy (non-hydrogen) atoms. The van der Waals surface area contributed by atoms with E-state index in [1.165, 1.54) is 6.07 Å². The maximum atomic E-state index is 12.5. The molecule has 1 aromatic rings. The Balaban J connectivity index is 2.38. The molecule has 2 rings (SSSR count). The van der Waals surface area contributed by atoms with Crippen LogP contribution in [-0.4, -0.2) is 17.8 Å². The molecule has 1 aromatic carbocycles. The van der Waals surface area contributed by atoms with Gasteiger partial charge >= 0.3 is 12.2 Å². The van der Waals surface area contributed by atoms with Gasteiger partial charge < -0.3 is 0 Å². The van der Waals surface area contributed by atoms with Crippen LogP contribution >= 0.6 is 0 Å². The lowest BCUT2D eigenvalue weighted by Gasteiger charge is -2.14. The SMILES string of the molecule is O=C1NC(=O)C(=Cc2cccc(C(F)(F)F)c2)C(=O)N1.